The molecule has 2 heterocycles. The van der Waals surface area contributed by atoms with Crippen molar-refractivity contribution in [2.45, 2.75) is 19.9 Å². The van der Waals surface area contributed by atoms with E-state index in [9.17, 15) is 4.79 Å². The average molecular weight is 220 g/mol. The van der Waals surface area contributed by atoms with Gasteiger partial charge in [-0.25, -0.2) is 9.48 Å². The topological polar surface area (TPSA) is 51.3 Å². The van der Waals surface area contributed by atoms with Gasteiger partial charge in [0.15, 0.2) is 5.65 Å². The normalized spacial score (nSPS) is 11.1. The molecule has 5 nitrogen and oxygen atoms in total. The molecule has 0 aromatic carbocycles. The van der Waals surface area contributed by atoms with Crippen LogP contribution in [-0.4, -0.2) is 27.3 Å². The van der Waals surface area contributed by atoms with E-state index in [0.29, 0.717) is 12.2 Å². The number of pyridine rings is 1. The maximum atomic E-state index is 11.8. The molecule has 0 aliphatic heterocycles. The van der Waals surface area contributed by atoms with Gasteiger partial charge in [0.2, 0.25) is 0 Å². The van der Waals surface area contributed by atoms with Crippen molar-refractivity contribution in [1.29, 1.82) is 0 Å². The van der Waals surface area contributed by atoms with E-state index in [1.165, 1.54) is 4.68 Å². The SMILES string of the molecule is CCCNCCn1nc2ccccn2c1=O. The molecular weight excluding hydrogens is 204 g/mol. The van der Waals surface area contributed by atoms with Crippen LogP contribution in [0.2, 0.25) is 0 Å². The van der Waals surface area contributed by atoms with E-state index in [2.05, 4.69) is 17.3 Å². The number of fused-ring (bicyclic) bond motifs is 1. The fourth-order valence-corrected chi connectivity index (χ4v) is 1.60. The summed E-state index contributed by atoms with van der Waals surface area (Å²) in [5.74, 6) is 0. The second-order valence-electron chi connectivity index (χ2n) is 3.68. The standard InChI is InChI=1S/C11H16N4O/c1-2-6-12-7-9-15-11(16)14-8-4-3-5-10(14)13-15/h3-5,8,12H,2,6-7,9H2,1H3. The Morgan fingerprint density at radius 2 is 2.25 bits per heavy atom. The minimum Gasteiger partial charge on any atom is -0.315 e. The van der Waals surface area contributed by atoms with Crippen molar-refractivity contribution in [1.82, 2.24) is 19.5 Å². The minimum atomic E-state index is -0.0751. The third-order valence-corrected chi connectivity index (χ3v) is 2.42. The Morgan fingerprint density at radius 1 is 1.38 bits per heavy atom. The Bertz CT molecular complexity index is 514. The number of aromatic nitrogens is 3. The molecule has 2 rings (SSSR count). The second kappa shape index (κ2) is 4.94. The maximum absolute atomic E-state index is 11.8. The maximum Gasteiger partial charge on any atom is 0.350 e. The van der Waals surface area contributed by atoms with Crippen LogP contribution in [0.1, 0.15) is 13.3 Å². The second-order valence-corrected chi connectivity index (χ2v) is 3.68. The van der Waals surface area contributed by atoms with Crippen LogP contribution in [0.3, 0.4) is 0 Å². The lowest BCUT2D eigenvalue weighted by molar-refractivity contribution is 0.540. The first-order chi connectivity index (χ1) is 7.83. The molecule has 0 atom stereocenters. The summed E-state index contributed by atoms with van der Waals surface area (Å²) < 4.78 is 3.05. The van der Waals surface area contributed by atoms with Crippen molar-refractivity contribution in [3.63, 3.8) is 0 Å². The zero-order valence-corrected chi connectivity index (χ0v) is 9.39. The van der Waals surface area contributed by atoms with Crippen molar-refractivity contribution in [3.05, 3.63) is 34.9 Å². The highest BCUT2D eigenvalue weighted by Crippen LogP contribution is 1.94. The fraction of sp³-hybridized carbons (Fsp3) is 0.455. The van der Waals surface area contributed by atoms with Gasteiger partial charge in [-0.3, -0.25) is 4.40 Å². The van der Waals surface area contributed by atoms with Crippen LogP contribution in [0.25, 0.3) is 5.65 Å². The van der Waals surface area contributed by atoms with E-state index in [0.717, 1.165) is 19.5 Å². The van der Waals surface area contributed by atoms with Gasteiger partial charge in [-0.15, -0.1) is 5.10 Å². The lowest BCUT2D eigenvalue weighted by Gasteiger charge is -2.00. The lowest BCUT2D eigenvalue weighted by atomic mass is 10.5. The number of nitrogens with zero attached hydrogens (tertiary/aromatic N) is 3. The Hall–Kier alpha value is -1.62. The zero-order valence-electron chi connectivity index (χ0n) is 9.39. The number of hydrogen-bond acceptors (Lipinski definition) is 3. The summed E-state index contributed by atoms with van der Waals surface area (Å²) in [6, 6.07) is 5.54. The van der Waals surface area contributed by atoms with Gasteiger partial charge in [0.25, 0.3) is 0 Å². The summed E-state index contributed by atoms with van der Waals surface area (Å²) in [7, 11) is 0. The van der Waals surface area contributed by atoms with E-state index in [4.69, 9.17) is 0 Å². The molecule has 86 valence electrons. The van der Waals surface area contributed by atoms with Crippen LogP contribution < -0.4 is 11.0 Å². The van der Waals surface area contributed by atoms with Gasteiger partial charge in [-0.05, 0) is 25.1 Å². The quantitative estimate of drug-likeness (QED) is 0.746. The summed E-state index contributed by atoms with van der Waals surface area (Å²) in [6.45, 7) is 4.48. The highest BCUT2D eigenvalue weighted by molar-refractivity contribution is 5.35. The van der Waals surface area contributed by atoms with Crippen LogP contribution in [0, 0.1) is 0 Å². The molecule has 2 aromatic rings. The molecule has 0 amide bonds. The van der Waals surface area contributed by atoms with E-state index < -0.39 is 0 Å². The van der Waals surface area contributed by atoms with E-state index in [1.807, 2.05) is 18.2 Å². The number of rotatable bonds is 5. The molecule has 0 radical (unpaired) electrons. The predicted molar refractivity (Wildman–Crippen MR) is 62.6 cm³/mol. The van der Waals surface area contributed by atoms with E-state index in [-0.39, 0.29) is 5.69 Å². The van der Waals surface area contributed by atoms with Crippen molar-refractivity contribution < 1.29 is 0 Å². The highest BCUT2D eigenvalue weighted by atomic mass is 16.2. The first-order valence-electron chi connectivity index (χ1n) is 5.58. The van der Waals surface area contributed by atoms with Crippen LogP contribution in [0.5, 0.6) is 0 Å². The summed E-state index contributed by atoms with van der Waals surface area (Å²) in [5, 5.41) is 7.48. The van der Waals surface area contributed by atoms with Crippen molar-refractivity contribution >= 4 is 5.65 Å². The molecule has 0 unspecified atom stereocenters. The Kier molecular flexibility index (Phi) is 3.36. The zero-order chi connectivity index (χ0) is 11.4. The average Bonchev–Trinajstić information content (AvgIpc) is 2.63. The largest absolute Gasteiger partial charge is 0.350 e. The number of nitrogens with one attached hydrogen (secondary N) is 1. The van der Waals surface area contributed by atoms with Crippen molar-refractivity contribution in [2.75, 3.05) is 13.1 Å². The monoisotopic (exact) mass is 220 g/mol. The fourth-order valence-electron chi connectivity index (χ4n) is 1.60. The van der Waals surface area contributed by atoms with Crippen molar-refractivity contribution in [3.8, 4) is 0 Å². The molecule has 0 saturated heterocycles. The van der Waals surface area contributed by atoms with Crippen molar-refractivity contribution in [2.24, 2.45) is 0 Å². The van der Waals surface area contributed by atoms with Crippen LogP contribution in [0.15, 0.2) is 29.2 Å². The van der Waals surface area contributed by atoms with Crippen LogP contribution >= 0.6 is 0 Å². The summed E-state index contributed by atoms with van der Waals surface area (Å²) >= 11 is 0. The van der Waals surface area contributed by atoms with Gasteiger partial charge in [-0.1, -0.05) is 13.0 Å². The smallest absolute Gasteiger partial charge is 0.315 e. The molecule has 0 fully saturated rings. The molecule has 5 heteroatoms. The van der Waals surface area contributed by atoms with E-state index in [1.54, 1.807) is 10.6 Å². The van der Waals surface area contributed by atoms with Gasteiger partial charge in [-0.2, -0.15) is 0 Å². The molecule has 0 saturated carbocycles. The molecule has 0 bridgehead atoms. The lowest BCUT2D eigenvalue weighted by Crippen LogP contribution is -2.27. The van der Waals surface area contributed by atoms with Gasteiger partial charge in [0.1, 0.15) is 0 Å². The first-order valence-corrected chi connectivity index (χ1v) is 5.58. The molecule has 0 aliphatic rings. The van der Waals surface area contributed by atoms with Crippen LogP contribution in [-0.2, 0) is 6.54 Å². The Balaban J connectivity index is 2.13. The molecule has 0 spiro atoms. The summed E-state index contributed by atoms with van der Waals surface area (Å²) in [5.41, 5.74) is 0.622. The molecular formula is C11H16N4O. The van der Waals surface area contributed by atoms with Gasteiger partial charge >= 0.3 is 5.69 Å². The third kappa shape index (κ3) is 2.14. The number of hydrogen-bond donors (Lipinski definition) is 1. The van der Waals surface area contributed by atoms with Gasteiger partial charge < -0.3 is 5.32 Å². The predicted octanol–water partition coefficient (Wildman–Crippen LogP) is 0.496. The van der Waals surface area contributed by atoms with Gasteiger partial charge in [0.05, 0.1) is 6.54 Å². The molecule has 0 aliphatic carbocycles. The first kappa shape index (κ1) is 10.9. The van der Waals surface area contributed by atoms with E-state index >= 15 is 0 Å². The molecule has 2 aromatic heterocycles. The summed E-state index contributed by atoms with van der Waals surface area (Å²) in [6.07, 6.45) is 2.83. The third-order valence-electron chi connectivity index (χ3n) is 2.42. The Morgan fingerprint density at radius 3 is 3.00 bits per heavy atom. The Labute approximate surface area is 93.7 Å². The highest BCUT2D eigenvalue weighted by Gasteiger charge is 2.04. The minimum absolute atomic E-state index is 0.0751. The van der Waals surface area contributed by atoms with Gasteiger partial charge in [0, 0.05) is 12.7 Å². The summed E-state index contributed by atoms with van der Waals surface area (Å²) in [4.78, 5) is 11.8. The molecule has 16 heavy (non-hydrogen) atoms. The molecule has 1 N–H and O–H groups in total. The van der Waals surface area contributed by atoms with Crippen LogP contribution in [0.4, 0.5) is 0 Å².